The Morgan fingerprint density at radius 1 is 1.18 bits per heavy atom. The molecule has 0 bridgehead atoms. The van der Waals surface area contributed by atoms with E-state index in [4.69, 9.17) is 9.84 Å². The number of methoxy groups -OCH3 is 1. The summed E-state index contributed by atoms with van der Waals surface area (Å²) in [6, 6.07) is 9.84. The Kier molecular flexibility index (Phi) is 6.45. The van der Waals surface area contributed by atoms with Gasteiger partial charge in [-0.2, -0.15) is 13.2 Å². The van der Waals surface area contributed by atoms with Gasteiger partial charge < -0.3 is 14.7 Å². The second-order valence-corrected chi connectivity index (χ2v) is 6.00. The third-order valence-corrected chi connectivity index (χ3v) is 4.04. The lowest BCUT2D eigenvalue weighted by Crippen LogP contribution is -2.16. The van der Waals surface area contributed by atoms with Crippen LogP contribution in [0.5, 0.6) is 5.75 Å². The number of anilines is 1. The van der Waals surface area contributed by atoms with Crippen molar-refractivity contribution in [1.29, 1.82) is 0 Å². The maximum absolute atomic E-state index is 12.6. The minimum absolute atomic E-state index is 0.242. The van der Waals surface area contributed by atoms with E-state index in [2.05, 4.69) is 0 Å². The highest BCUT2D eigenvalue weighted by Crippen LogP contribution is 2.30. The molecular weight excluding hydrogens is 375 g/mol. The third-order valence-electron chi connectivity index (χ3n) is 4.04. The number of alkyl halides is 3. The van der Waals surface area contributed by atoms with Gasteiger partial charge in [0.1, 0.15) is 5.75 Å². The van der Waals surface area contributed by atoms with Crippen LogP contribution in [-0.2, 0) is 22.3 Å². The van der Waals surface area contributed by atoms with Crippen LogP contribution in [0.3, 0.4) is 0 Å². The number of carbonyl (C=O) groups excluding carboxylic acids is 1. The number of carbonyl (C=O) groups is 2. The van der Waals surface area contributed by atoms with Gasteiger partial charge in [-0.25, -0.2) is 4.79 Å². The zero-order chi connectivity index (χ0) is 20.9. The third kappa shape index (κ3) is 5.12. The Balaban J connectivity index is 2.23. The topological polar surface area (TPSA) is 66.8 Å². The van der Waals surface area contributed by atoms with Crippen LogP contribution in [0.4, 0.5) is 18.9 Å². The minimum atomic E-state index is -4.38. The normalized spacial score (nSPS) is 11.8. The molecule has 8 heteroatoms. The lowest BCUT2D eigenvalue weighted by molar-refractivity contribution is -0.137. The number of benzene rings is 2. The summed E-state index contributed by atoms with van der Waals surface area (Å²) in [6.45, 7) is 0.352. The standard InChI is InChI=1S/C20H18F3NO4/c1-24(11-13-3-6-16(7-4-13)20(21,22)23)17-8-5-14(18(10-17)28-2)9-15(12-25)19(26)27/h3-10,12H,11H2,1-2H3,(H,26,27)/b15-9+. The number of aliphatic carboxylic acids is 1. The molecule has 0 amide bonds. The smallest absolute Gasteiger partial charge is 0.416 e. The van der Waals surface area contributed by atoms with Crippen LogP contribution in [-0.4, -0.2) is 31.5 Å². The predicted octanol–water partition coefficient (Wildman–Crippen LogP) is 4.02. The number of nitrogens with zero attached hydrogens (tertiary/aromatic N) is 1. The fourth-order valence-electron chi connectivity index (χ4n) is 2.53. The molecule has 0 unspecified atom stereocenters. The quantitative estimate of drug-likeness (QED) is 0.333. The van der Waals surface area contributed by atoms with Gasteiger partial charge in [-0.05, 0) is 35.9 Å². The fraction of sp³-hybridized carbons (Fsp3) is 0.200. The van der Waals surface area contributed by atoms with Gasteiger partial charge >= 0.3 is 12.1 Å². The second kappa shape index (κ2) is 8.60. The van der Waals surface area contributed by atoms with Crippen LogP contribution in [0.25, 0.3) is 6.08 Å². The van der Waals surface area contributed by atoms with E-state index in [0.29, 0.717) is 29.1 Å². The van der Waals surface area contributed by atoms with Gasteiger partial charge in [0, 0.05) is 30.9 Å². The van der Waals surface area contributed by atoms with Crippen LogP contribution < -0.4 is 9.64 Å². The van der Waals surface area contributed by atoms with Gasteiger partial charge in [0.15, 0.2) is 6.29 Å². The molecule has 0 aliphatic carbocycles. The van der Waals surface area contributed by atoms with Crippen LogP contribution in [0.15, 0.2) is 48.0 Å². The van der Waals surface area contributed by atoms with Gasteiger partial charge in [0.2, 0.25) is 0 Å². The molecule has 0 aliphatic rings. The number of ether oxygens (including phenoxy) is 1. The van der Waals surface area contributed by atoms with E-state index < -0.39 is 23.3 Å². The molecule has 0 spiro atoms. The highest BCUT2D eigenvalue weighted by molar-refractivity contribution is 6.11. The van der Waals surface area contributed by atoms with Crippen molar-refractivity contribution >= 4 is 24.0 Å². The van der Waals surface area contributed by atoms with Gasteiger partial charge in [-0.3, -0.25) is 4.79 Å². The first kappa shape index (κ1) is 21.0. The first-order valence-electron chi connectivity index (χ1n) is 8.11. The lowest BCUT2D eigenvalue weighted by Gasteiger charge is -2.21. The number of carboxylic acids is 1. The number of aldehydes is 1. The van der Waals surface area contributed by atoms with Crippen molar-refractivity contribution in [2.24, 2.45) is 0 Å². The SMILES string of the molecule is COc1cc(N(C)Cc2ccc(C(F)(F)F)cc2)ccc1/C=C(\C=O)C(=O)O. The number of carboxylic acid groups (broad SMARTS) is 1. The Morgan fingerprint density at radius 3 is 2.32 bits per heavy atom. The molecule has 0 aliphatic heterocycles. The molecule has 2 aromatic rings. The maximum atomic E-state index is 12.6. The molecule has 0 saturated heterocycles. The summed E-state index contributed by atoms with van der Waals surface area (Å²) >= 11 is 0. The summed E-state index contributed by atoms with van der Waals surface area (Å²) in [5.74, 6) is -0.988. The molecule has 0 aromatic heterocycles. The monoisotopic (exact) mass is 393 g/mol. The van der Waals surface area contributed by atoms with Crippen molar-refractivity contribution in [2.75, 3.05) is 19.1 Å². The zero-order valence-electron chi connectivity index (χ0n) is 15.2. The van der Waals surface area contributed by atoms with E-state index >= 15 is 0 Å². The fourth-order valence-corrected chi connectivity index (χ4v) is 2.53. The molecule has 0 radical (unpaired) electrons. The molecule has 2 aromatic carbocycles. The van der Waals surface area contributed by atoms with Gasteiger partial charge in [-0.1, -0.05) is 12.1 Å². The van der Waals surface area contributed by atoms with Crippen LogP contribution >= 0.6 is 0 Å². The van der Waals surface area contributed by atoms with Gasteiger partial charge in [-0.15, -0.1) is 0 Å². The van der Waals surface area contributed by atoms with E-state index in [9.17, 15) is 22.8 Å². The number of hydrogen-bond donors (Lipinski definition) is 1. The van der Waals surface area contributed by atoms with Crippen LogP contribution in [0.2, 0.25) is 0 Å². The second-order valence-electron chi connectivity index (χ2n) is 6.00. The molecule has 2 rings (SSSR count). The summed E-state index contributed by atoms with van der Waals surface area (Å²) in [5, 5.41) is 8.96. The van der Waals surface area contributed by atoms with Crippen LogP contribution in [0, 0.1) is 0 Å². The number of rotatable bonds is 7. The number of halogens is 3. The average Bonchev–Trinajstić information content (AvgIpc) is 2.65. The minimum Gasteiger partial charge on any atom is -0.496 e. The van der Waals surface area contributed by atoms with E-state index in [1.165, 1.54) is 25.3 Å². The van der Waals surface area contributed by atoms with Crippen LogP contribution in [0.1, 0.15) is 16.7 Å². The molecule has 148 valence electrons. The lowest BCUT2D eigenvalue weighted by atomic mass is 10.1. The Hall–Kier alpha value is -3.29. The van der Waals surface area contributed by atoms with Crippen molar-refractivity contribution in [3.05, 3.63) is 64.7 Å². The largest absolute Gasteiger partial charge is 0.496 e. The van der Waals surface area contributed by atoms with Gasteiger partial charge in [0.25, 0.3) is 0 Å². The molecule has 0 fully saturated rings. The van der Waals surface area contributed by atoms with Gasteiger partial charge in [0.05, 0.1) is 18.2 Å². The average molecular weight is 393 g/mol. The highest BCUT2D eigenvalue weighted by Gasteiger charge is 2.29. The highest BCUT2D eigenvalue weighted by atomic mass is 19.4. The molecule has 28 heavy (non-hydrogen) atoms. The zero-order valence-corrected chi connectivity index (χ0v) is 15.2. The molecule has 0 atom stereocenters. The summed E-state index contributed by atoms with van der Waals surface area (Å²) < 4.78 is 43.2. The van der Waals surface area contributed by atoms with Crippen molar-refractivity contribution < 1.29 is 32.6 Å². The van der Waals surface area contributed by atoms with Crippen molar-refractivity contribution in [3.8, 4) is 5.75 Å². The molecule has 0 saturated carbocycles. The van der Waals surface area contributed by atoms with Crippen molar-refractivity contribution in [3.63, 3.8) is 0 Å². The maximum Gasteiger partial charge on any atom is 0.416 e. The Morgan fingerprint density at radius 2 is 1.82 bits per heavy atom. The first-order chi connectivity index (χ1) is 13.2. The summed E-state index contributed by atoms with van der Waals surface area (Å²) in [4.78, 5) is 23.6. The number of hydrogen-bond acceptors (Lipinski definition) is 4. The van der Waals surface area contributed by atoms with Crippen molar-refractivity contribution in [1.82, 2.24) is 0 Å². The van der Waals surface area contributed by atoms with Crippen molar-refractivity contribution in [2.45, 2.75) is 12.7 Å². The summed E-state index contributed by atoms with van der Waals surface area (Å²) in [6.07, 6.45) is -2.93. The van der Waals surface area contributed by atoms with E-state index in [1.54, 1.807) is 30.1 Å². The first-order valence-corrected chi connectivity index (χ1v) is 8.11. The predicted molar refractivity (Wildman–Crippen MR) is 98.2 cm³/mol. The molecular formula is C20H18F3NO4. The summed E-state index contributed by atoms with van der Waals surface area (Å²) in [5.41, 5.74) is 0.688. The van der Waals surface area contributed by atoms with E-state index in [1.807, 2.05) is 0 Å². The Bertz CT molecular complexity index is 889. The molecule has 0 heterocycles. The molecule has 5 nitrogen and oxygen atoms in total. The molecule has 1 N–H and O–H groups in total. The van der Waals surface area contributed by atoms with E-state index in [-0.39, 0.29) is 6.29 Å². The Labute approximate surface area is 159 Å². The summed E-state index contributed by atoms with van der Waals surface area (Å²) in [7, 11) is 3.17. The van der Waals surface area contributed by atoms with E-state index in [0.717, 1.165) is 12.1 Å².